The number of hydrogen-bond donors (Lipinski definition) is 1. The molecule has 1 aromatic rings. The van der Waals surface area contributed by atoms with Crippen LogP contribution in [-0.2, 0) is 0 Å². The summed E-state index contributed by atoms with van der Waals surface area (Å²) >= 11 is 5.95. The molecule has 86 valence electrons. The van der Waals surface area contributed by atoms with Crippen LogP contribution in [0.1, 0.15) is 15.9 Å². The summed E-state index contributed by atoms with van der Waals surface area (Å²) in [5, 5.41) is 3.75. The van der Waals surface area contributed by atoms with Crippen LogP contribution in [0.25, 0.3) is 0 Å². The average molecular weight is 240 g/mol. The zero-order chi connectivity index (χ0) is 11.5. The summed E-state index contributed by atoms with van der Waals surface area (Å²) in [7, 11) is 0. The summed E-state index contributed by atoms with van der Waals surface area (Å²) < 4.78 is 0. The standard InChI is InChI=1S/C11H14ClN3O/c1-8-9(6-14-7-10(8)12)11(16)15-4-2-13-3-5-15/h6-7,13H,2-5H2,1H3. The lowest BCUT2D eigenvalue weighted by Crippen LogP contribution is -2.46. The summed E-state index contributed by atoms with van der Waals surface area (Å²) in [6.45, 7) is 5.02. The number of nitrogens with one attached hydrogen (secondary N) is 1. The van der Waals surface area contributed by atoms with Gasteiger partial charge in [0.05, 0.1) is 10.6 Å². The molecule has 4 nitrogen and oxygen atoms in total. The Balaban J connectivity index is 2.22. The van der Waals surface area contributed by atoms with E-state index in [-0.39, 0.29) is 5.91 Å². The fourth-order valence-corrected chi connectivity index (χ4v) is 1.91. The molecule has 0 unspecified atom stereocenters. The minimum absolute atomic E-state index is 0.0222. The Morgan fingerprint density at radius 1 is 1.44 bits per heavy atom. The van der Waals surface area contributed by atoms with Crippen LogP contribution in [0.3, 0.4) is 0 Å². The molecular formula is C11H14ClN3O. The summed E-state index contributed by atoms with van der Waals surface area (Å²) in [5.74, 6) is 0.0222. The van der Waals surface area contributed by atoms with Gasteiger partial charge in [-0.25, -0.2) is 0 Å². The molecule has 1 fully saturated rings. The van der Waals surface area contributed by atoms with Gasteiger partial charge in [0.15, 0.2) is 0 Å². The monoisotopic (exact) mass is 239 g/mol. The SMILES string of the molecule is Cc1c(Cl)cncc1C(=O)N1CCNCC1. The highest BCUT2D eigenvalue weighted by molar-refractivity contribution is 6.31. The van der Waals surface area contributed by atoms with Crippen LogP contribution in [0.15, 0.2) is 12.4 Å². The average Bonchev–Trinajstić information content (AvgIpc) is 2.33. The number of amides is 1. The third kappa shape index (κ3) is 2.18. The topological polar surface area (TPSA) is 45.2 Å². The molecule has 1 aliphatic rings. The van der Waals surface area contributed by atoms with Crippen LogP contribution >= 0.6 is 11.6 Å². The molecule has 1 aliphatic heterocycles. The van der Waals surface area contributed by atoms with Gasteiger partial charge < -0.3 is 10.2 Å². The van der Waals surface area contributed by atoms with Gasteiger partial charge in [0.2, 0.25) is 0 Å². The van der Waals surface area contributed by atoms with Crippen molar-refractivity contribution in [2.45, 2.75) is 6.92 Å². The van der Waals surface area contributed by atoms with E-state index in [1.54, 1.807) is 12.4 Å². The van der Waals surface area contributed by atoms with E-state index in [9.17, 15) is 4.79 Å². The Morgan fingerprint density at radius 2 is 2.12 bits per heavy atom. The third-order valence-corrected chi connectivity index (χ3v) is 3.17. The fourth-order valence-electron chi connectivity index (χ4n) is 1.75. The number of halogens is 1. The van der Waals surface area contributed by atoms with Gasteiger partial charge in [0, 0.05) is 38.6 Å². The maximum absolute atomic E-state index is 12.2. The lowest BCUT2D eigenvalue weighted by atomic mass is 10.1. The number of carbonyl (C=O) groups excluding carboxylic acids is 1. The number of rotatable bonds is 1. The molecular weight excluding hydrogens is 226 g/mol. The van der Waals surface area contributed by atoms with Crippen LogP contribution in [0.4, 0.5) is 0 Å². The maximum Gasteiger partial charge on any atom is 0.255 e. The third-order valence-electron chi connectivity index (χ3n) is 2.79. The summed E-state index contributed by atoms with van der Waals surface area (Å²) in [4.78, 5) is 18.0. The number of nitrogens with zero attached hydrogens (tertiary/aromatic N) is 2. The predicted octanol–water partition coefficient (Wildman–Crippen LogP) is 1.09. The van der Waals surface area contributed by atoms with Crippen molar-refractivity contribution in [1.29, 1.82) is 0 Å². The second-order valence-corrected chi connectivity index (χ2v) is 4.24. The molecule has 0 atom stereocenters. The Kier molecular flexibility index (Phi) is 3.41. The van der Waals surface area contributed by atoms with E-state index in [4.69, 9.17) is 11.6 Å². The van der Waals surface area contributed by atoms with Crippen LogP contribution in [-0.4, -0.2) is 42.0 Å². The molecule has 16 heavy (non-hydrogen) atoms. The summed E-state index contributed by atoms with van der Waals surface area (Å²) in [5.41, 5.74) is 1.41. The zero-order valence-electron chi connectivity index (χ0n) is 9.16. The second-order valence-electron chi connectivity index (χ2n) is 3.84. The minimum Gasteiger partial charge on any atom is -0.336 e. The quantitative estimate of drug-likeness (QED) is 0.798. The lowest BCUT2D eigenvalue weighted by Gasteiger charge is -2.27. The van der Waals surface area contributed by atoms with Crippen molar-refractivity contribution in [2.75, 3.05) is 26.2 Å². The number of piperazine rings is 1. The Morgan fingerprint density at radius 3 is 2.81 bits per heavy atom. The van der Waals surface area contributed by atoms with E-state index in [2.05, 4.69) is 10.3 Å². The van der Waals surface area contributed by atoms with Gasteiger partial charge in [-0.15, -0.1) is 0 Å². The minimum atomic E-state index is 0.0222. The number of pyridine rings is 1. The van der Waals surface area contributed by atoms with Gasteiger partial charge in [0.25, 0.3) is 5.91 Å². The molecule has 5 heteroatoms. The lowest BCUT2D eigenvalue weighted by molar-refractivity contribution is 0.0734. The molecule has 1 aromatic heterocycles. The fraction of sp³-hybridized carbons (Fsp3) is 0.455. The molecule has 0 saturated carbocycles. The predicted molar refractivity (Wildman–Crippen MR) is 62.8 cm³/mol. The summed E-state index contributed by atoms with van der Waals surface area (Å²) in [6, 6.07) is 0. The van der Waals surface area contributed by atoms with Gasteiger partial charge in [-0.05, 0) is 12.5 Å². The first-order valence-electron chi connectivity index (χ1n) is 5.30. The van der Waals surface area contributed by atoms with Gasteiger partial charge in [-0.1, -0.05) is 11.6 Å². The van der Waals surface area contributed by atoms with Crippen LogP contribution < -0.4 is 5.32 Å². The first-order chi connectivity index (χ1) is 7.70. The molecule has 0 aliphatic carbocycles. The van der Waals surface area contributed by atoms with Crippen LogP contribution in [0.2, 0.25) is 5.02 Å². The van der Waals surface area contributed by atoms with Crippen molar-refractivity contribution < 1.29 is 4.79 Å². The Labute approximate surface area is 99.6 Å². The molecule has 1 N–H and O–H groups in total. The second kappa shape index (κ2) is 4.80. The summed E-state index contributed by atoms with van der Waals surface area (Å²) in [6.07, 6.45) is 3.15. The van der Waals surface area contributed by atoms with Crippen LogP contribution in [0.5, 0.6) is 0 Å². The van der Waals surface area contributed by atoms with Crippen molar-refractivity contribution in [3.8, 4) is 0 Å². The molecule has 2 heterocycles. The van der Waals surface area contributed by atoms with Crippen molar-refractivity contribution in [1.82, 2.24) is 15.2 Å². The van der Waals surface area contributed by atoms with Crippen molar-refractivity contribution in [2.24, 2.45) is 0 Å². The Bertz CT molecular complexity index is 402. The van der Waals surface area contributed by atoms with E-state index in [0.717, 1.165) is 31.7 Å². The molecule has 2 rings (SSSR count). The highest BCUT2D eigenvalue weighted by Crippen LogP contribution is 2.18. The molecule has 1 saturated heterocycles. The maximum atomic E-state index is 12.2. The molecule has 0 bridgehead atoms. The Hall–Kier alpha value is -1.13. The van der Waals surface area contributed by atoms with Crippen LogP contribution in [0, 0.1) is 6.92 Å². The van der Waals surface area contributed by atoms with E-state index < -0.39 is 0 Å². The van der Waals surface area contributed by atoms with Gasteiger partial charge in [-0.2, -0.15) is 0 Å². The highest BCUT2D eigenvalue weighted by atomic mass is 35.5. The van der Waals surface area contributed by atoms with Gasteiger partial charge in [0.1, 0.15) is 0 Å². The van der Waals surface area contributed by atoms with Crippen molar-refractivity contribution in [3.05, 3.63) is 28.5 Å². The first kappa shape index (κ1) is 11.4. The van der Waals surface area contributed by atoms with E-state index in [1.807, 2.05) is 11.8 Å². The zero-order valence-corrected chi connectivity index (χ0v) is 9.92. The van der Waals surface area contributed by atoms with Gasteiger partial charge >= 0.3 is 0 Å². The molecule has 0 aromatic carbocycles. The van der Waals surface area contributed by atoms with E-state index in [1.165, 1.54) is 0 Å². The number of aromatic nitrogens is 1. The largest absolute Gasteiger partial charge is 0.336 e. The first-order valence-corrected chi connectivity index (χ1v) is 5.68. The number of carbonyl (C=O) groups is 1. The molecule has 0 spiro atoms. The van der Waals surface area contributed by atoms with Crippen molar-refractivity contribution in [3.63, 3.8) is 0 Å². The van der Waals surface area contributed by atoms with E-state index >= 15 is 0 Å². The van der Waals surface area contributed by atoms with Crippen molar-refractivity contribution >= 4 is 17.5 Å². The highest BCUT2D eigenvalue weighted by Gasteiger charge is 2.20. The van der Waals surface area contributed by atoms with Gasteiger partial charge in [-0.3, -0.25) is 9.78 Å². The molecule has 0 radical (unpaired) electrons. The molecule has 1 amide bonds. The normalized spacial score (nSPS) is 16.2. The van der Waals surface area contributed by atoms with E-state index in [0.29, 0.717) is 10.6 Å². The number of hydrogen-bond acceptors (Lipinski definition) is 3. The smallest absolute Gasteiger partial charge is 0.255 e.